The fourth-order valence-electron chi connectivity index (χ4n) is 2.28. The molecule has 2 aromatic rings. The van der Waals surface area contributed by atoms with Crippen molar-refractivity contribution in [3.63, 3.8) is 0 Å². The van der Waals surface area contributed by atoms with Gasteiger partial charge in [-0.15, -0.1) is 11.3 Å². The van der Waals surface area contributed by atoms with Gasteiger partial charge >= 0.3 is 0 Å². The molecule has 106 valence electrons. The van der Waals surface area contributed by atoms with E-state index in [0.29, 0.717) is 12.5 Å². The maximum absolute atomic E-state index is 5.85. The molecule has 1 aromatic heterocycles. The van der Waals surface area contributed by atoms with Gasteiger partial charge in [0.25, 0.3) is 0 Å². The van der Waals surface area contributed by atoms with Gasteiger partial charge in [0.2, 0.25) is 0 Å². The van der Waals surface area contributed by atoms with Crippen LogP contribution in [0.2, 0.25) is 0 Å². The molecule has 0 saturated heterocycles. The van der Waals surface area contributed by atoms with Crippen molar-refractivity contribution in [1.82, 2.24) is 4.98 Å². The van der Waals surface area contributed by atoms with Crippen molar-refractivity contribution >= 4 is 11.3 Å². The molecule has 1 aliphatic rings. The Hall–Kier alpha value is -1.59. The van der Waals surface area contributed by atoms with Crippen LogP contribution in [-0.4, -0.2) is 19.2 Å². The molecule has 2 N–H and O–H groups in total. The minimum Gasteiger partial charge on any atom is -0.497 e. The molecule has 1 aromatic carbocycles. The Labute approximate surface area is 122 Å². The van der Waals surface area contributed by atoms with Gasteiger partial charge in [-0.1, -0.05) is 0 Å². The topological polar surface area (TPSA) is 57.4 Å². The van der Waals surface area contributed by atoms with Gasteiger partial charge in [0.15, 0.2) is 0 Å². The van der Waals surface area contributed by atoms with Crippen molar-refractivity contribution in [3.8, 4) is 22.1 Å². The highest BCUT2D eigenvalue weighted by atomic mass is 32.1. The first kappa shape index (κ1) is 13.4. The molecule has 1 aliphatic carbocycles. The normalized spacial score (nSPS) is 14.3. The van der Waals surface area contributed by atoms with Crippen LogP contribution in [0.3, 0.4) is 0 Å². The molecule has 0 atom stereocenters. The third kappa shape index (κ3) is 2.39. The van der Waals surface area contributed by atoms with E-state index < -0.39 is 0 Å². The second-order valence-electron chi connectivity index (χ2n) is 4.87. The van der Waals surface area contributed by atoms with Crippen molar-refractivity contribution in [2.45, 2.75) is 25.3 Å². The summed E-state index contributed by atoms with van der Waals surface area (Å²) in [6.45, 7) is 0.551. The summed E-state index contributed by atoms with van der Waals surface area (Å²) >= 11 is 1.66. The summed E-state index contributed by atoms with van der Waals surface area (Å²) in [5, 5.41) is 0.961. The summed E-state index contributed by atoms with van der Waals surface area (Å²) in [6, 6.07) is 5.77. The molecule has 3 rings (SSSR count). The van der Waals surface area contributed by atoms with Gasteiger partial charge in [-0.2, -0.15) is 0 Å². The average molecular weight is 290 g/mol. The summed E-state index contributed by atoms with van der Waals surface area (Å²) in [5.74, 6) is 2.22. The average Bonchev–Trinajstić information content (AvgIpc) is 3.25. The fourth-order valence-corrected chi connectivity index (χ4v) is 3.33. The number of nitrogens with zero attached hydrogens (tertiary/aromatic N) is 1. The van der Waals surface area contributed by atoms with Crippen molar-refractivity contribution in [2.24, 2.45) is 5.73 Å². The molecule has 0 spiro atoms. The highest BCUT2D eigenvalue weighted by molar-refractivity contribution is 7.15. The Balaban J connectivity index is 2.07. The summed E-state index contributed by atoms with van der Waals surface area (Å²) in [7, 11) is 3.33. The Morgan fingerprint density at radius 3 is 2.70 bits per heavy atom. The molecule has 0 amide bonds. The quantitative estimate of drug-likeness (QED) is 0.919. The molecule has 1 heterocycles. The molecule has 1 saturated carbocycles. The number of methoxy groups -OCH3 is 2. The van der Waals surface area contributed by atoms with Crippen molar-refractivity contribution < 1.29 is 9.47 Å². The van der Waals surface area contributed by atoms with Crippen molar-refractivity contribution in [1.29, 1.82) is 0 Å². The van der Waals surface area contributed by atoms with E-state index in [1.54, 1.807) is 25.6 Å². The molecule has 20 heavy (non-hydrogen) atoms. The fraction of sp³-hybridized carbons (Fsp3) is 0.400. The molecule has 0 unspecified atom stereocenters. The predicted molar refractivity (Wildman–Crippen MR) is 80.5 cm³/mol. The minimum absolute atomic E-state index is 0.551. The van der Waals surface area contributed by atoms with E-state index in [0.717, 1.165) is 22.1 Å². The van der Waals surface area contributed by atoms with Crippen LogP contribution in [0.15, 0.2) is 18.2 Å². The molecule has 5 heteroatoms. The van der Waals surface area contributed by atoms with Crippen LogP contribution in [0.25, 0.3) is 10.6 Å². The van der Waals surface area contributed by atoms with E-state index in [9.17, 15) is 0 Å². The van der Waals surface area contributed by atoms with E-state index in [4.69, 9.17) is 20.2 Å². The second-order valence-corrected chi connectivity index (χ2v) is 5.96. The summed E-state index contributed by atoms with van der Waals surface area (Å²) < 4.78 is 10.7. The van der Waals surface area contributed by atoms with E-state index >= 15 is 0 Å². The largest absolute Gasteiger partial charge is 0.497 e. The lowest BCUT2D eigenvalue weighted by atomic mass is 10.2. The van der Waals surface area contributed by atoms with E-state index in [1.165, 1.54) is 23.4 Å². The zero-order valence-electron chi connectivity index (χ0n) is 11.7. The van der Waals surface area contributed by atoms with Gasteiger partial charge in [0, 0.05) is 17.3 Å². The molecule has 0 aliphatic heterocycles. The summed E-state index contributed by atoms with van der Waals surface area (Å²) in [5.41, 5.74) is 8.00. The van der Waals surface area contributed by atoms with E-state index in [-0.39, 0.29) is 0 Å². The number of hydrogen-bond donors (Lipinski definition) is 1. The molecule has 4 nitrogen and oxygen atoms in total. The smallest absolute Gasteiger partial charge is 0.129 e. The lowest BCUT2D eigenvalue weighted by molar-refractivity contribution is 0.404. The molecule has 1 fully saturated rings. The summed E-state index contributed by atoms with van der Waals surface area (Å²) in [6.07, 6.45) is 2.46. The third-order valence-electron chi connectivity index (χ3n) is 3.51. The third-order valence-corrected chi connectivity index (χ3v) is 4.64. The highest BCUT2D eigenvalue weighted by Crippen LogP contribution is 2.45. The minimum atomic E-state index is 0.551. The molecule has 0 bridgehead atoms. The molecular weight excluding hydrogens is 272 g/mol. The monoisotopic (exact) mass is 290 g/mol. The van der Waals surface area contributed by atoms with Gasteiger partial charge in [-0.05, 0) is 31.0 Å². The lowest BCUT2D eigenvalue weighted by Crippen LogP contribution is -1.96. The Kier molecular flexibility index (Phi) is 3.63. The summed E-state index contributed by atoms with van der Waals surface area (Å²) in [4.78, 5) is 5.99. The van der Waals surface area contributed by atoms with Gasteiger partial charge in [0.1, 0.15) is 16.5 Å². The maximum Gasteiger partial charge on any atom is 0.129 e. The van der Waals surface area contributed by atoms with Gasteiger partial charge < -0.3 is 15.2 Å². The van der Waals surface area contributed by atoms with Crippen molar-refractivity contribution in [2.75, 3.05) is 14.2 Å². The van der Waals surface area contributed by atoms with Crippen LogP contribution in [0, 0.1) is 0 Å². The number of ether oxygens (including phenoxy) is 2. The van der Waals surface area contributed by atoms with Crippen LogP contribution < -0.4 is 15.2 Å². The zero-order chi connectivity index (χ0) is 14.1. The van der Waals surface area contributed by atoms with Crippen LogP contribution in [-0.2, 0) is 6.54 Å². The van der Waals surface area contributed by atoms with Crippen molar-refractivity contribution in [3.05, 3.63) is 28.8 Å². The Morgan fingerprint density at radius 2 is 2.10 bits per heavy atom. The molecular formula is C15H18N2O2S. The van der Waals surface area contributed by atoms with Crippen LogP contribution >= 0.6 is 11.3 Å². The molecule has 0 radical (unpaired) electrons. The predicted octanol–water partition coefficient (Wildman–Crippen LogP) is 3.16. The van der Waals surface area contributed by atoms with E-state index in [2.05, 4.69) is 0 Å². The van der Waals surface area contributed by atoms with Gasteiger partial charge in [0.05, 0.1) is 25.5 Å². The number of hydrogen-bond acceptors (Lipinski definition) is 5. The number of aromatic nitrogens is 1. The van der Waals surface area contributed by atoms with Crippen LogP contribution in [0.1, 0.15) is 29.3 Å². The SMILES string of the molecule is COc1ccc(OC)c(-c2nc(C3CC3)c(CN)s2)c1. The zero-order valence-corrected chi connectivity index (χ0v) is 12.5. The number of thiazole rings is 1. The first-order chi connectivity index (χ1) is 9.76. The van der Waals surface area contributed by atoms with Crippen LogP contribution in [0.4, 0.5) is 0 Å². The first-order valence-electron chi connectivity index (χ1n) is 6.69. The Bertz CT molecular complexity index is 620. The number of benzene rings is 1. The lowest BCUT2D eigenvalue weighted by Gasteiger charge is -2.08. The van der Waals surface area contributed by atoms with Gasteiger partial charge in [-0.25, -0.2) is 4.98 Å². The number of nitrogens with two attached hydrogens (primary N) is 1. The second kappa shape index (κ2) is 5.42. The standard InChI is InChI=1S/C15H18N2O2S/c1-18-10-5-6-12(19-2)11(7-10)15-17-14(9-3-4-9)13(8-16)20-15/h5-7,9H,3-4,8,16H2,1-2H3. The number of rotatable bonds is 5. The van der Waals surface area contributed by atoms with E-state index in [1.807, 2.05) is 18.2 Å². The Morgan fingerprint density at radius 1 is 1.30 bits per heavy atom. The van der Waals surface area contributed by atoms with Gasteiger partial charge in [-0.3, -0.25) is 0 Å². The maximum atomic E-state index is 5.85. The first-order valence-corrected chi connectivity index (χ1v) is 7.50. The van der Waals surface area contributed by atoms with Crippen LogP contribution in [0.5, 0.6) is 11.5 Å². The highest BCUT2D eigenvalue weighted by Gasteiger charge is 2.29.